The van der Waals surface area contributed by atoms with Crippen LogP contribution in [-0.4, -0.2) is 58.2 Å². The third kappa shape index (κ3) is 7.66. The first-order chi connectivity index (χ1) is 21.7. The molecular formula is C31H30Cl2FN7O4. The number of benzene rings is 1. The van der Waals surface area contributed by atoms with Gasteiger partial charge in [-0.15, -0.1) is 0 Å². The molecule has 45 heavy (non-hydrogen) atoms. The number of ether oxygens (including phenoxy) is 1. The van der Waals surface area contributed by atoms with Crippen LogP contribution < -0.4 is 26.0 Å². The maximum absolute atomic E-state index is 15.2. The zero-order valence-corrected chi connectivity index (χ0v) is 25.7. The molecule has 1 saturated heterocycles. The maximum Gasteiger partial charge on any atom is 0.317 e. The number of halogens is 3. The van der Waals surface area contributed by atoms with Gasteiger partial charge in [-0.3, -0.25) is 14.6 Å². The highest BCUT2D eigenvalue weighted by Gasteiger charge is 2.21. The lowest BCUT2D eigenvalue weighted by atomic mass is 10.1. The van der Waals surface area contributed by atoms with Crippen LogP contribution in [0, 0.1) is 5.82 Å². The van der Waals surface area contributed by atoms with E-state index in [4.69, 9.17) is 33.0 Å². The molecule has 0 radical (unpaired) electrons. The van der Waals surface area contributed by atoms with Crippen LogP contribution in [0.5, 0.6) is 5.88 Å². The summed E-state index contributed by atoms with van der Waals surface area (Å²) in [4.78, 5) is 35.5. The molecule has 1 atom stereocenters. The summed E-state index contributed by atoms with van der Waals surface area (Å²) in [5.41, 5.74) is 3.53. The lowest BCUT2D eigenvalue weighted by Gasteiger charge is -2.16. The molecule has 4 aromatic rings. The average Bonchev–Trinajstić information content (AvgIpc) is 3.45. The fourth-order valence-electron chi connectivity index (χ4n) is 4.92. The molecule has 0 aliphatic carbocycles. The van der Waals surface area contributed by atoms with Gasteiger partial charge in [-0.25, -0.2) is 14.4 Å². The van der Waals surface area contributed by atoms with E-state index in [1.807, 2.05) is 12.1 Å². The van der Waals surface area contributed by atoms with Crippen molar-refractivity contribution < 1.29 is 23.8 Å². The minimum absolute atomic E-state index is 0.00580. The number of pyridine rings is 3. The number of aromatic nitrogens is 3. The summed E-state index contributed by atoms with van der Waals surface area (Å²) in [7, 11) is 1.55. The van der Waals surface area contributed by atoms with Crippen LogP contribution in [-0.2, 0) is 22.7 Å². The van der Waals surface area contributed by atoms with Crippen molar-refractivity contribution in [2.24, 2.45) is 0 Å². The topological polar surface area (TPSA) is 150 Å². The van der Waals surface area contributed by atoms with Gasteiger partial charge < -0.3 is 31.1 Å². The lowest BCUT2D eigenvalue weighted by molar-refractivity contribution is -0.136. The third-order valence-corrected chi connectivity index (χ3v) is 7.95. The molecule has 234 valence electrons. The van der Waals surface area contributed by atoms with E-state index in [-0.39, 0.29) is 41.4 Å². The van der Waals surface area contributed by atoms with Gasteiger partial charge in [-0.1, -0.05) is 41.4 Å². The van der Waals surface area contributed by atoms with Gasteiger partial charge in [0.05, 0.1) is 40.8 Å². The van der Waals surface area contributed by atoms with Gasteiger partial charge in [0.15, 0.2) is 11.6 Å². The summed E-state index contributed by atoms with van der Waals surface area (Å²) >= 11 is 13.7. The van der Waals surface area contributed by atoms with Crippen LogP contribution in [0.4, 0.5) is 15.9 Å². The summed E-state index contributed by atoms with van der Waals surface area (Å²) in [5, 5.41) is 21.2. The fraction of sp³-hybridized carbons (Fsp3) is 0.258. The van der Waals surface area contributed by atoms with Crippen molar-refractivity contribution in [2.45, 2.75) is 32.0 Å². The fourth-order valence-corrected chi connectivity index (χ4v) is 5.49. The van der Waals surface area contributed by atoms with E-state index in [1.54, 1.807) is 37.6 Å². The van der Waals surface area contributed by atoms with Gasteiger partial charge in [0.2, 0.25) is 11.8 Å². The van der Waals surface area contributed by atoms with E-state index >= 15 is 4.39 Å². The number of methoxy groups -OCH3 is 1. The number of anilines is 2. The third-order valence-electron chi connectivity index (χ3n) is 7.16. The largest absolute Gasteiger partial charge is 0.481 e. The zero-order chi connectivity index (χ0) is 31.9. The Balaban J connectivity index is 1.36. The first-order valence-corrected chi connectivity index (χ1v) is 14.8. The van der Waals surface area contributed by atoms with Crippen LogP contribution in [0.1, 0.15) is 24.0 Å². The predicted molar refractivity (Wildman–Crippen MR) is 169 cm³/mol. The maximum atomic E-state index is 15.2. The Labute approximate surface area is 268 Å². The van der Waals surface area contributed by atoms with Crippen molar-refractivity contribution in [1.29, 1.82) is 0 Å². The molecular weight excluding hydrogens is 624 g/mol. The number of amides is 1. The number of nitrogens with zero attached hydrogens (tertiary/aromatic N) is 3. The van der Waals surface area contributed by atoms with Crippen LogP contribution in [0.15, 0.2) is 54.9 Å². The van der Waals surface area contributed by atoms with Crippen LogP contribution >= 0.6 is 23.2 Å². The van der Waals surface area contributed by atoms with Gasteiger partial charge in [0, 0.05) is 66.7 Å². The second kappa shape index (κ2) is 14.6. The molecule has 0 spiro atoms. The number of carboxylic acids is 1. The highest BCUT2D eigenvalue weighted by atomic mass is 35.5. The summed E-state index contributed by atoms with van der Waals surface area (Å²) in [6.45, 7) is 0.844. The summed E-state index contributed by atoms with van der Waals surface area (Å²) in [5.74, 6) is -1.25. The Morgan fingerprint density at radius 2 is 1.84 bits per heavy atom. The number of hydrogen-bond donors (Lipinski definition) is 5. The first kappa shape index (κ1) is 32.0. The molecule has 1 aliphatic rings. The molecule has 0 saturated carbocycles. The standard InChI is InChI=1S/C31H30Cl2FN7O4/c1-45-31-18(14-35-15-19-6-8-24(42)39-19)5-7-22(41-31)20-10-12-37-29(27(20)33)21-3-2-4-23(26(21)32)40-30-28(34)17(9-11-38-30)13-36-16-25(43)44/h2-5,7,9-12,19,35-36H,6,8,13-16H2,1H3,(H,38,40)(H,39,42)(H,43,44). The smallest absolute Gasteiger partial charge is 0.317 e. The van der Waals surface area contributed by atoms with E-state index in [0.717, 1.165) is 12.0 Å². The molecule has 3 aromatic heterocycles. The van der Waals surface area contributed by atoms with Gasteiger partial charge in [-0.2, -0.15) is 0 Å². The second-order valence-electron chi connectivity index (χ2n) is 10.2. The van der Waals surface area contributed by atoms with Gasteiger partial charge in [0.25, 0.3) is 0 Å². The second-order valence-corrected chi connectivity index (χ2v) is 11.0. The Morgan fingerprint density at radius 1 is 1.04 bits per heavy atom. The highest BCUT2D eigenvalue weighted by Crippen LogP contribution is 2.40. The van der Waals surface area contributed by atoms with Gasteiger partial charge in [0.1, 0.15) is 0 Å². The number of hydrogen-bond acceptors (Lipinski definition) is 9. The summed E-state index contributed by atoms with van der Waals surface area (Å²) < 4.78 is 20.7. The van der Waals surface area contributed by atoms with E-state index in [9.17, 15) is 9.59 Å². The molecule has 11 nitrogen and oxygen atoms in total. The van der Waals surface area contributed by atoms with E-state index < -0.39 is 11.8 Å². The molecule has 14 heteroatoms. The predicted octanol–water partition coefficient (Wildman–Crippen LogP) is 4.95. The first-order valence-electron chi connectivity index (χ1n) is 14.1. The minimum atomic E-state index is -1.05. The van der Waals surface area contributed by atoms with Crippen molar-refractivity contribution >= 4 is 46.6 Å². The minimum Gasteiger partial charge on any atom is -0.481 e. The van der Waals surface area contributed by atoms with Gasteiger partial charge >= 0.3 is 5.97 Å². The number of aliphatic carboxylic acids is 1. The van der Waals surface area contributed by atoms with Crippen LogP contribution in [0.25, 0.3) is 22.5 Å². The zero-order valence-electron chi connectivity index (χ0n) is 24.2. The summed E-state index contributed by atoms with van der Waals surface area (Å²) in [6.07, 6.45) is 4.37. The number of rotatable bonds is 13. The van der Waals surface area contributed by atoms with Crippen molar-refractivity contribution in [3.8, 4) is 28.4 Å². The molecule has 1 unspecified atom stereocenters. The van der Waals surface area contributed by atoms with Gasteiger partial charge in [-0.05, 0) is 30.7 Å². The quantitative estimate of drug-likeness (QED) is 0.134. The Hall–Kier alpha value is -4.36. The summed E-state index contributed by atoms with van der Waals surface area (Å²) in [6, 6.07) is 12.2. The lowest BCUT2D eigenvalue weighted by Crippen LogP contribution is -2.35. The van der Waals surface area contributed by atoms with Crippen molar-refractivity contribution in [3.63, 3.8) is 0 Å². The van der Waals surface area contributed by atoms with Crippen molar-refractivity contribution in [3.05, 3.63) is 81.8 Å². The molecule has 1 aliphatic heterocycles. The molecule has 4 heterocycles. The van der Waals surface area contributed by atoms with Crippen LogP contribution in [0.2, 0.25) is 10.0 Å². The molecule has 1 fully saturated rings. The van der Waals surface area contributed by atoms with E-state index in [1.165, 1.54) is 12.3 Å². The Kier molecular flexibility index (Phi) is 10.4. The van der Waals surface area contributed by atoms with E-state index in [0.29, 0.717) is 58.6 Å². The SMILES string of the molecule is COc1nc(-c2ccnc(-c3cccc(Nc4nccc(CNCC(=O)O)c4F)c3Cl)c2Cl)ccc1CNCC1CCC(=O)N1. The normalized spacial score (nSPS) is 14.3. The van der Waals surface area contributed by atoms with Crippen LogP contribution in [0.3, 0.4) is 0 Å². The number of carboxylic acid groups (broad SMARTS) is 1. The van der Waals surface area contributed by atoms with Crippen molar-refractivity contribution in [2.75, 3.05) is 25.5 Å². The van der Waals surface area contributed by atoms with Crippen molar-refractivity contribution in [1.82, 2.24) is 30.9 Å². The Bertz CT molecular complexity index is 1730. The monoisotopic (exact) mass is 653 g/mol. The molecule has 1 aromatic carbocycles. The van der Waals surface area contributed by atoms with E-state index in [2.05, 4.69) is 36.2 Å². The molecule has 5 rings (SSSR count). The highest BCUT2D eigenvalue weighted by molar-refractivity contribution is 6.39. The molecule has 1 amide bonds. The number of carbonyl (C=O) groups is 2. The average molecular weight is 655 g/mol. The molecule has 0 bridgehead atoms. The number of nitrogens with one attached hydrogen (secondary N) is 4. The molecule has 5 N–H and O–H groups in total. The number of carbonyl (C=O) groups excluding carboxylic acids is 1. The Morgan fingerprint density at radius 3 is 2.60 bits per heavy atom.